The lowest BCUT2D eigenvalue weighted by Crippen LogP contribution is -2.49. The lowest BCUT2D eigenvalue weighted by atomic mass is 9.98. The molecule has 3 rings (SSSR count). The van der Waals surface area contributed by atoms with E-state index in [1.807, 2.05) is 31.2 Å². The fourth-order valence-electron chi connectivity index (χ4n) is 3.61. The zero-order valence-corrected chi connectivity index (χ0v) is 16.8. The summed E-state index contributed by atoms with van der Waals surface area (Å²) in [5.41, 5.74) is 2.23. The predicted molar refractivity (Wildman–Crippen MR) is 108 cm³/mol. The number of sulfonamides is 1. The van der Waals surface area contributed by atoms with Crippen molar-refractivity contribution in [3.63, 3.8) is 0 Å². The van der Waals surface area contributed by atoms with E-state index in [0.29, 0.717) is 37.5 Å². The van der Waals surface area contributed by atoms with Crippen molar-refractivity contribution in [2.24, 2.45) is 0 Å². The summed E-state index contributed by atoms with van der Waals surface area (Å²) in [4.78, 5) is 13.6. The number of hydrogen-bond acceptors (Lipinski definition) is 4. The summed E-state index contributed by atoms with van der Waals surface area (Å²) in [5.74, 6) is -0.817. The fraction of sp³-hybridized carbons (Fsp3) is 0.381. The van der Waals surface area contributed by atoms with Crippen LogP contribution in [0, 0.1) is 6.92 Å². The van der Waals surface area contributed by atoms with Crippen molar-refractivity contribution in [3.05, 3.63) is 65.7 Å². The van der Waals surface area contributed by atoms with Gasteiger partial charge in [0.15, 0.2) is 0 Å². The van der Waals surface area contributed by atoms with Crippen LogP contribution in [0.5, 0.6) is 0 Å². The Labute approximate surface area is 166 Å². The van der Waals surface area contributed by atoms with Gasteiger partial charge in [0, 0.05) is 38.6 Å². The second kappa shape index (κ2) is 8.86. The SMILES string of the molecule is Cc1ccc([C@@H](CCC(=O)O)N2CCN(S(=O)(=O)c3ccccc3)CC2)cc1. The van der Waals surface area contributed by atoms with Gasteiger partial charge in [0.25, 0.3) is 0 Å². The van der Waals surface area contributed by atoms with Crippen LogP contribution >= 0.6 is 0 Å². The smallest absolute Gasteiger partial charge is 0.303 e. The van der Waals surface area contributed by atoms with Crippen LogP contribution in [-0.4, -0.2) is 54.9 Å². The van der Waals surface area contributed by atoms with Crippen molar-refractivity contribution < 1.29 is 18.3 Å². The monoisotopic (exact) mass is 402 g/mol. The number of carboxylic acid groups (broad SMARTS) is 1. The Bertz CT molecular complexity index is 890. The molecule has 0 aromatic heterocycles. The number of benzene rings is 2. The van der Waals surface area contributed by atoms with E-state index >= 15 is 0 Å². The lowest BCUT2D eigenvalue weighted by Gasteiger charge is -2.39. The predicted octanol–water partition coefficient (Wildman–Crippen LogP) is 2.91. The van der Waals surface area contributed by atoms with Gasteiger partial charge in [-0.3, -0.25) is 9.69 Å². The number of carboxylic acids is 1. The molecule has 0 saturated carbocycles. The standard InChI is InChI=1S/C21H26N2O4S/c1-17-7-9-18(10-8-17)20(11-12-21(24)25)22-13-15-23(16-14-22)28(26,27)19-5-3-2-4-6-19/h2-10,20H,11-16H2,1H3,(H,24,25)/t20-/m1/s1. The molecule has 0 unspecified atom stereocenters. The largest absolute Gasteiger partial charge is 0.481 e. The Hall–Kier alpha value is -2.22. The van der Waals surface area contributed by atoms with E-state index < -0.39 is 16.0 Å². The summed E-state index contributed by atoms with van der Waals surface area (Å²) in [7, 11) is -3.49. The lowest BCUT2D eigenvalue weighted by molar-refractivity contribution is -0.137. The Morgan fingerprint density at radius 3 is 2.18 bits per heavy atom. The van der Waals surface area contributed by atoms with Gasteiger partial charge in [-0.1, -0.05) is 48.0 Å². The van der Waals surface area contributed by atoms with Crippen LogP contribution in [0.4, 0.5) is 0 Å². The quantitative estimate of drug-likeness (QED) is 0.770. The molecule has 1 atom stereocenters. The highest BCUT2D eigenvalue weighted by Crippen LogP contribution is 2.28. The molecule has 0 radical (unpaired) electrons. The molecule has 1 heterocycles. The van der Waals surface area contributed by atoms with Crippen LogP contribution in [0.3, 0.4) is 0 Å². The van der Waals surface area contributed by atoms with Gasteiger partial charge in [0.05, 0.1) is 4.90 Å². The van der Waals surface area contributed by atoms with E-state index in [-0.39, 0.29) is 12.5 Å². The van der Waals surface area contributed by atoms with Crippen LogP contribution < -0.4 is 0 Å². The Kier molecular flexibility index (Phi) is 6.49. The van der Waals surface area contributed by atoms with E-state index in [1.54, 1.807) is 30.3 Å². The maximum Gasteiger partial charge on any atom is 0.303 e. The van der Waals surface area contributed by atoms with Gasteiger partial charge in [-0.15, -0.1) is 0 Å². The van der Waals surface area contributed by atoms with E-state index in [9.17, 15) is 13.2 Å². The number of carbonyl (C=O) groups is 1. The summed E-state index contributed by atoms with van der Waals surface area (Å²) in [5, 5.41) is 9.12. The Balaban J connectivity index is 1.72. The summed E-state index contributed by atoms with van der Waals surface area (Å²) in [6.07, 6.45) is 0.588. The van der Waals surface area contributed by atoms with Gasteiger partial charge in [-0.25, -0.2) is 8.42 Å². The molecule has 7 heteroatoms. The molecule has 0 spiro atoms. The van der Waals surface area contributed by atoms with Gasteiger partial charge in [-0.2, -0.15) is 4.31 Å². The maximum absolute atomic E-state index is 12.8. The normalized spacial score (nSPS) is 17.3. The average molecular weight is 403 g/mol. The minimum absolute atomic E-state index is 0.0294. The molecule has 1 saturated heterocycles. The molecular formula is C21H26N2O4S. The fourth-order valence-corrected chi connectivity index (χ4v) is 5.05. The minimum atomic E-state index is -3.49. The molecule has 2 aromatic rings. The van der Waals surface area contributed by atoms with Crippen molar-refractivity contribution in [1.82, 2.24) is 9.21 Å². The molecule has 1 N–H and O–H groups in total. The second-order valence-corrected chi connectivity index (χ2v) is 9.05. The number of aliphatic carboxylic acids is 1. The first-order chi connectivity index (χ1) is 13.4. The van der Waals surface area contributed by atoms with Crippen LogP contribution in [0.15, 0.2) is 59.5 Å². The maximum atomic E-state index is 12.8. The van der Waals surface area contributed by atoms with Crippen LogP contribution in [0.25, 0.3) is 0 Å². The van der Waals surface area contributed by atoms with E-state index in [1.165, 1.54) is 4.31 Å². The molecule has 6 nitrogen and oxygen atoms in total. The molecular weight excluding hydrogens is 376 g/mol. The second-order valence-electron chi connectivity index (χ2n) is 7.11. The first-order valence-corrected chi connectivity index (χ1v) is 10.9. The van der Waals surface area contributed by atoms with E-state index in [4.69, 9.17) is 5.11 Å². The van der Waals surface area contributed by atoms with Crippen molar-refractivity contribution in [2.45, 2.75) is 30.7 Å². The summed E-state index contributed by atoms with van der Waals surface area (Å²) < 4.78 is 27.1. The van der Waals surface area contributed by atoms with Crippen molar-refractivity contribution >= 4 is 16.0 Å². The number of nitrogens with zero attached hydrogens (tertiary/aromatic N) is 2. The van der Waals surface area contributed by atoms with Gasteiger partial charge >= 0.3 is 5.97 Å². The molecule has 28 heavy (non-hydrogen) atoms. The number of rotatable bonds is 7. The van der Waals surface area contributed by atoms with Gasteiger partial charge in [0.1, 0.15) is 0 Å². The number of piperazine rings is 1. The highest BCUT2D eigenvalue weighted by atomic mass is 32.2. The van der Waals surface area contributed by atoms with Crippen molar-refractivity contribution in [3.8, 4) is 0 Å². The Morgan fingerprint density at radius 2 is 1.61 bits per heavy atom. The highest BCUT2D eigenvalue weighted by Gasteiger charge is 2.31. The molecule has 0 amide bonds. The molecule has 1 fully saturated rings. The third-order valence-corrected chi connectivity index (χ3v) is 7.10. The topological polar surface area (TPSA) is 77.9 Å². The number of aryl methyl sites for hydroxylation is 1. The first-order valence-electron chi connectivity index (χ1n) is 9.45. The van der Waals surface area contributed by atoms with Crippen molar-refractivity contribution in [1.29, 1.82) is 0 Å². The zero-order valence-electron chi connectivity index (χ0n) is 16.0. The molecule has 1 aliphatic heterocycles. The molecule has 1 aliphatic rings. The highest BCUT2D eigenvalue weighted by molar-refractivity contribution is 7.89. The molecule has 0 bridgehead atoms. The van der Waals surface area contributed by atoms with Crippen LogP contribution in [0.2, 0.25) is 0 Å². The minimum Gasteiger partial charge on any atom is -0.481 e. The molecule has 150 valence electrons. The summed E-state index contributed by atoms with van der Waals surface area (Å²) in [6.45, 7) is 3.96. The summed E-state index contributed by atoms with van der Waals surface area (Å²) in [6, 6.07) is 16.6. The summed E-state index contributed by atoms with van der Waals surface area (Å²) >= 11 is 0. The van der Waals surface area contributed by atoms with E-state index in [2.05, 4.69) is 4.90 Å². The van der Waals surface area contributed by atoms with Crippen LogP contribution in [0.1, 0.15) is 30.0 Å². The van der Waals surface area contributed by atoms with Gasteiger partial charge in [-0.05, 0) is 31.0 Å². The zero-order chi connectivity index (χ0) is 20.1. The van der Waals surface area contributed by atoms with Gasteiger partial charge in [0.2, 0.25) is 10.0 Å². The molecule has 2 aromatic carbocycles. The van der Waals surface area contributed by atoms with Crippen LogP contribution in [-0.2, 0) is 14.8 Å². The average Bonchev–Trinajstić information content (AvgIpc) is 2.70. The van der Waals surface area contributed by atoms with E-state index in [0.717, 1.165) is 11.1 Å². The number of hydrogen-bond donors (Lipinski definition) is 1. The third-order valence-electron chi connectivity index (χ3n) is 5.19. The van der Waals surface area contributed by atoms with Gasteiger partial charge < -0.3 is 5.11 Å². The third kappa shape index (κ3) is 4.79. The first kappa shape index (κ1) is 20.5. The van der Waals surface area contributed by atoms with Crippen molar-refractivity contribution in [2.75, 3.05) is 26.2 Å². The Morgan fingerprint density at radius 1 is 1.00 bits per heavy atom. The molecule has 0 aliphatic carbocycles.